The van der Waals surface area contributed by atoms with Gasteiger partial charge in [-0.3, -0.25) is 9.78 Å². The molecule has 1 aromatic heterocycles. The summed E-state index contributed by atoms with van der Waals surface area (Å²) >= 11 is 3.10. The van der Waals surface area contributed by atoms with E-state index < -0.39 is 0 Å². The van der Waals surface area contributed by atoms with E-state index in [4.69, 9.17) is 5.73 Å². The second kappa shape index (κ2) is 6.04. The maximum Gasteiger partial charge on any atom is 0.167 e. The number of carbonyl (C=O) groups is 1. The lowest BCUT2D eigenvalue weighted by Gasteiger charge is -2.04. The topological polar surface area (TPSA) is 56.0 Å². The third-order valence-corrected chi connectivity index (χ3v) is 3.30. The van der Waals surface area contributed by atoms with Crippen molar-refractivity contribution >= 4 is 21.7 Å². The van der Waals surface area contributed by atoms with E-state index >= 15 is 0 Å². The van der Waals surface area contributed by atoms with Gasteiger partial charge in [0, 0.05) is 24.7 Å². The summed E-state index contributed by atoms with van der Waals surface area (Å²) in [6.45, 7) is 0.295. The second-order valence-corrected chi connectivity index (χ2v) is 4.94. The molecule has 0 bridgehead atoms. The van der Waals surface area contributed by atoms with Gasteiger partial charge in [0.15, 0.2) is 5.78 Å². The molecule has 0 unspecified atom stereocenters. The molecule has 3 nitrogen and oxygen atoms in total. The molecule has 0 atom stereocenters. The fourth-order valence-electron chi connectivity index (χ4n) is 1.70. The molecule has 98 valence electrons. The monoisotopic (exact) mass is 322 g/mol. The van der Waals surface area contributed by atoms with Crippen LogP contribution in [0.1, 0.15) is 21.6 Å². The number of rotatable bonds is 4. The van der Waals surface area contributed by atoms with Gasteiger partial charge < -0.3 is 5.73 Å². The molecule has 0 aliphatic carbocycles. The van der Waals surface area contributed by atoms with Crippen molar-refractivity contribution in [2.45, 2.75) is 13.0 Å². The van der Waals surface area contributed by atoms with Crippen LogP contribution in [0.15, 0.2) is 41.0 Å². The van der Waals surface area contributed by atoms with Crippen LogP contribution >= 0.6 is 15.9 Å². The Morgan fingerprint density at radius 2 is 2.11 bits per heavy atom. The minimum Gasteiger partial charge on any atom is -0.325 e. The Morgan fingerprint density at radius 3 is 2.79 bits per heavy atom. The predicted octanol–water partition coefficient (Wildman–Crippen LogP) is 2.87. The van der Waals surface area contributed by atoms with Crippen molar-refractivity contribution in [3.8, 4) is 0 Å². The highest BCUT2D eigenvalue weighted by Gasteiger charge is 2.09. The summed E-state index contributed by atoms with van der Waals surface area (Å²) in [6.07, 6.45) is 1.78. The SMILES string of the molecule is NCc1cc(C(=O)Cc2ccc(F)c(Br)c2)ccn1. The number of carbonyl (C=O) groups excluding carboxylic acids is 1. The summed E-state index contributed by atoms with van der Waals surface area (Å²) in [5, 5.41) is 0. The predicted molar refractivity (Wildman–Crippen MR) is 74.3 cm³/mol. The van der Waals surface area contributed by atoms with E-state index in [1.165, 1.54) is 6.07 Å². The Balaban J connectivity index is 2.18. The zero-order valence-electron chi connectivity index (χ0n) is 10.1. The Morgan fingerprint density at radius 1 is 1.32 bits per heavy atom. The van der Waals surface area contributed by atoms with Crippen LogP contribution in [0.2, 0.25) is 0 Å². The molecule has 2 N–H and O–H groups in total. The van der Waals surface area contributed by atoms with Crippen LogP contribution in [0.25, 0.3) is 0 Å². The summed E-state index contributed by atoms with van der Waals surface area (Å²) in [5.74, 6) is -0.388. The van der Waals surface area contributed by atoms with Crippen LogP contribution < -0.4 is 5.73 Å². The van der Waals surface area contributed by atoms with Crippen molar-refractivity contribution in [3.05, 3.63) is 63.6 Å². The van der Waals surface area contributed by atoms with Crippen LogP contribution in [0, 0.1) is 5.82 Å². The lowest BCUT2D eigenvalue weighted by Crippen LogP contribution is -2.07. The lowest BCUT2D eigenvalue weighted by atomic mass is 10.0. The molecule has 0 spiro atoms. The van der Waals surface area contributed by atoms with Gasteiger partial charge in [-0.15, -0.1) is 0 Å². The van der Waals surface area contributed by atoms with Crippen LogP contribution in [0.3, 0.4) is 0 Å². The molecule has 0 saturated heterocycles. The highest BCUT2D eigenvalue weighted by Crippen LogP contribution is 2.18. The Hall–Kier alpha value is -1.59. The molecule has 0 aliphatic heterocycles. The Bertz CT molecular complexity index is 616. The highest BCUT2D eigenvalue weighted by molar-refractivity contribution is 9.10. The first kappa shape index (κ1) is 13.8. The van der Waals surface area contributed by atoms with Crippen molar-refractivity contribution in [2.75, 3.05) is 0 Å². The number of nitrogens with zero attached hydrogens (tertiary/aromatic N) is 1. The fraction of sp³-hybridized carbons (Fsp3) is 0.143. The standard InChI is InChI=1S/C14H12BrFN2O/c15-12-5-9(1-2-13(12)16)6-14(19)10-3-4-18-11(7-10)8-17/h1-5,7H,6,8,17H2. The number of pyridine rings is 1. The molecule has 0 saturated carbocycles. The van der Waals surface area contributed by atoms with Gasteiger partial charge in [0.25, 0.3) is 0 Å². The van der Waals surface area contributed by atoms with E-state index in [1.54, 1.807) is 30.5 Å². The molecule has 0 amide bonds. The number of hydrogen-bond donors (Lipinski definition) is 1. The number of aromatic nitrogens is 1. The van der Waals surface area contributed by atoms with E-state index in [-0.39, 0.29) is 18.0 Å². The molecule has 2 aromatic rings. The van der Waals surface area contributed by atoms with Crippen molar-refractivity contribution in [1.29, 1.82) is 0 Å². The van der Waals surface area contributed by atoms with Gasteiger partial charge in [0.2, 0.25) is 0 Å². The average Bonchev–Trinajstić information content (AvgIpc) is 2.43. The number of Topliss-reactive ketones (excluding diaryl/α,β-unsaturated/α-hetero) is 1. The van der Waals surface area contributed by atoms with Gasteiger partial charge in [-0.05, 0) is 45.8 Å². The maximum absolute atomic E-state index is 13.1. The van der Waals surface area contributed by atoms with E-state index in [0.29, 0.717) is 22.3 Å². The smallest absolute Gasteiger partial charge is 0.167 e. The van der Waals surface area contributed by atoms with Gasteiger partial charge >= 0.3 is 0 Å². The summed E-state index contributed by atoms with van der Waals surface area (Å²) in [7, 11) is 0. The molecule has 0 aliphatic rings. The number of ketones is 1. The first-order valence-electron chi connectivity index (χ1n) is 5.72. The van der Waals surface area contributed by atoms with Crippen LogP contribution in [0.4, 0.5) is 4.39 Å². The molecular weight excluding hydrogens is 311 g/mol. The van der Waals surface area contributed by atoms with E-state index in [9.17, 15) is 9.18 Å². The van der Waals surface area contributed by atoms with Crippen molar-refractivity contribution < 1.29 is 9.18 Å². The number of halogens is 2. The normalized spacial score (nSPS) is 10.5. The average molecular weight is 323 g/mol. The van der Waals surface area contributed by atoms with Crippen molar-refractivity contribution in [3.63, 3.8) is 0 Å². The largest absolute Gasteiger partial charge is 0.325 e. The fourth-order valence-corrected chi connectivity index (χ4v) is 2.13. The molecule has 2 rings (SSSR count). The van der Waals surface area contributed by atoms with E-state index in [2.05, 4.69) is 20.9 Å². The third-order valence-electron chi connectivity index (χ3n) is 2.70. The number of nitrogens with two attached hydrogens (primary N) is 1. The van der Waals surface area contributed by atoms with Crippen molar-refractivity contribution in [1.82, 2.24) is 4.98 Å². The molecular formula is C14H12BrFN2O. The van der Waals surface area contributed by atoms with Gasteiger partial charge in [-0.2, -0.15) is 0 Å². The quantitative estimate of drug-likeness (QED) is 0.880. The molecule has 5 heteroatoms. The van der Waals surface area contributed by atoms with E-state index in [1.807, 2.05) is 0 Å². The summed E-state index contributed by atoms with van der Waals surface area (Å²) in [6, 6.07) is 7.88. The van der Waals surface area contributed by atoms with Crippen molar-refractivity contribution in [2.24, 2.45) is 5.73 Å². The zero-order valence-corrected chi connectivity index (χ0v) is 11.7. The van der Waals surface area contributed by atoms with Gasteiger partial charge in [0.05, 0.1) is 10.2 Å². The van der Waals surface area contributed by atoms with Crippen LogP contribution in [-0.4, -0.2) is 10.8 Å². The Kier molecular flexibility index (Phi) is 4.39. The number of hydrogen-bond acceptors (Lipinski definition) is 3. The van der Waals surface area contributed by atoms with Gasteiger partial charge in [0.1, 0.15) is 5.82 Å². The highest BCUT2D eigenvalue weighted by atomic mass is 79.9. The summed E-state index contributed by atoms with van der Waals surface area (Å²) in [4.78, 5) is 16.1. The molecule has 1 aromatic carbocycles. The first-order chi connectivity index (χ1) is 9.10. The molecule has 0 fully saturated rings. The lowest BCUT2D eigenvalue weighted by molar-refractivity contribution is 0.0992. The zero-order chi connectivity index (χ0) is 13.8. The first-order valence-corrected chi connectivity index (χ1v) is 6.51. The van der Waals surface area contributed by atoms with Crippen LogP contribution in [-0.2, 0) is 13.0 Å². The minimum absolute atomic E-state index is 0.0457. The maximum atomic E-state index is 13.1. The molecule has 1 heterocycles. The van der Waals surface area contributed by atoms with Crippen LogP contribution in [0.5, 0.6) is 0 Å². The molecule has 19 heavy (non-hydrogen) atoms. The second-order valence-electron chi connectivity index (χ2n) is 4.09. The summed E-state index contributed by atoms with van der Waals surface area (Å²) < 4.78 is 13.5. The Labute approximate surface area is 118 Å². The third kappa shape index (κ3) is 3.45. The summed E-state index contributed by atoms with van der Waals surface area (Å²) in [5.41, 5.74) is 7.48. The van der Waals surface area contributed by atoms with E-state index in [0.717, 1.165) is 5.56 Å². The molecule has 0 radical (unpaired) electrons. The van der Waals surface area contributed by atoms with Gasteiger partial charge in [-0.1, -0.05) is 6.07 Å². The van der Waals surface area contributed by atoms with Gasteiger partial charge in [-0.25, -0.2) is 4.39 Å². The minimum atomic E-state index is -0.342. The number of benzene rings is 1.